The van der Waals surface area contributed by atoms with Gasteiger partial charge in [-0.15, -0.1) is 0 Å². The van der Waals surface area contributed by atoms with Crippen LogP contribution in [0.4, 0.5) is 0 Å². The topological polar surface area (TPSA) is 55.0 Å². The molecule has 2 heterocycles. The predicted molar refractivity (Wildman–Crippen MR) is 69.0 cm³/mol. The van der Waals surface area contributed by atoms with Crippen molar-refractivity contribution in [2.24, 2.45) is 5.73 Å². The van der Waals surface area contributed by atoms with Crippen molar-refractivity contribution in [2.75, 3.05) is 26.7 Å². The minimum Gasteiger partial charge on any atom is -0.330 e. The van der Waals surface area contributed by atoms with E-state index >= 15 is 0 Å². The summed E-state index contributed by atoms with van der Waals surface area (Å²) in [7, 11) is 2.17. The molecule has 94 valence electrons. The van der Waals surface area contributed by atoms with Crippen LogP contribution in [0.2, 0.25) is 0 Å². The highest BCUT2D eigenvalue weighted by atomic mass is 15.1. The maximum absolute atomic E-state index is 5.58. The number of rotatable bonds is 4. The van der Waals surface area contributed by atoms with E-state index in [0.29, 0.717) is 18.4 Å². The zero-order valence-electron chi connectivity index (χ0n) is 10.8. The van der Waals surface area contributed by atoms with Gasteiger partial charge in [-0.1, -0.05) is 6.92 Å². The first-order valence-corrected chi connectivity index (χ1v) is 6.42. The highest BCUT2D eigenvalue weighted by Crippen LogP contribution is 2.25. The summed E-state index contributed by atoms with van der Waals surface area (Å²) in [6, 6.07) is 2.06. The Bertz CT molecular complexity index is 366. The van der Waals surface area contributed by atoms with Crippen LogP contribution in [0, 0.1) is 0 Å². The summed E-state index contributed by atoms with van der Waals surface area (Å²) in [5, 5.41) is 0. The summed E-state index contributed by atoms with van der Waals surface area (Å²) in [5.74, 6) is 1.88. The fourth-order valence-corrected chi connectivity index (χ4v) is 2.41. The lowest BCUT2D eigenvalue weighted by Crippen LogP contribution is -2.14. The Morgan fingerprint density at radius 1 is 1.59 bits per heavy atom. The average Bonchev–Trinajstić information content (AvgIpc) is 2.76. The summed E-state index contributed by atoms with van der Waals surface area (Å²) < 4.78 is 0. The largest absolute Gasteiger partial charge is 0.330 e. The number of likely N-dealkylation sites (N-methyl/N-ethyl adjacent to an activating group) is 1. The maximum Gasteiger partial charge on any atom is 0.131 e. The molecule has 2 N–H and O–H groups in total. The van der Waals surface area contributed by atoms with E-state index in [9.17, 15) is 0 Å². The lowest BCUT2D eigenvalue weighted by molar-refractivity contribution is 0.410. The summed E-state index contributed by atoms with van der Waals surface area (Å²) in [5.41, 5.74) is 6.78. The van der Waals surface area contributed by atoms with E-state index in [4.69, 9.17) is 10.7 Å². The smallest absolute Gasteiger partial charge is 0.131 e. The zero-order valence-corrected chi connectivity index (χ0v) is 10.8. The molecule has 0 bridgehead atoms. The Balaban J connectivity index is 2.11. The molecule has 0 spiro atoms. The van der Waals surface area contributed by atoms with Gasteiger partial charge in [-0.25, -0.2) is 9.97 Å². The van der Waals surface area contributed by atoms with E-state index in [1.807, 2.05) is 6.20 Å². The van der Waals surface area contributed by atoms with Crippen LogP contribution in [0.25, 0.3) is 0 Å². The number of nitrogens with two attached hydrogens (primary N) is 1. The Morgan fingerprint density at radius 2 is 2.41 bits per heavy atom. The second-order valence-corrected chi connectivity index (χ2v) is 5.07. The number of hydrogen-bond donors (Lipinski definition) is 1. The van der Waals surface area contributed by atoms with E-state index in [1.54, 1.807) is 0 Å². The summed E-state index contributed by atoms with van der Waals surface area (Å²) >= 11 is 0. The Morgan fingerprint density at radius 3 is 3.06 bits per heavy atom. The van der Waals surface area contributed by atoms with E-state index in [0.717, 1.165) is 18.8 Å². The molecule has 2 unspecified atom stereocenters. The molecular formula is C13H22N4. The average molecular weight is 234 g/mol. The van der Waals surface area contributed by atoms with Gasteiger partial charge in [-0.05, 0) is 39.0 Å². The zero-order chi connectivity index (χ0) is 12.3. The molecule has 0 amide bonds. The van der Waals surface area contributed by atoms with Gasteiger partial charge < -0.3 is 10.6 Å². The Hall–Kier alpha value is -1.00. The molecule has 4 heteroatoms. The van der Waals surface area contributed by atoms with Crippen LogP contribution < -0.4 is 5.73 Å². The molecule has 1 aromatic heterocycles. The molecule has 0 radical (unpaired) electrons. The van der Waals surface area contributed by atoms with E-state index in [2.05, 4.69) is 29.9 Å². The van der Waals surface area contributed by atoms with Gasteiger partial charge >= 0.3 is 0 Å². The summed E-state index contributed by atoms with van der Waals surface area (Å²) in [6.07, 6.45) is 4.05. The first kappa shape index (κ1) is 12.5. The number of likely N-dealkylation sites (tertiary alicyclic amines) is 1. The van der Waals surface area contributed by atoms with Crippen molar-refractivity contribution in [3.63, 3.8) is 0 Å². The van der Waals surface area contributed by atoms with Crippen LogP contribution in [0.1, 0.15) is 43.1 Å². The SMILES string of the molecule is CC(CCN)c1nccc(C2CCN(C)C2)n1. The van der Waals surface area contributed by atoms with E-state index in [-0.39, 0.29) is 0 Å². The highest BCUT2D eigenvalue weighted by Gasteiger charge is 2.22. The highest BCUT2D eigenvalue weighted by molar-refractivity contribution is 5.12. The third-order valence-corrected chi connectivity index (χ3v) is 3.55. The predicted octanol–water partition coefficient (Wildman–Crippen LogP) is 1.35. The molecule has 0 aliphatic carbocycles. The third kappa shape index (κ3) is 3.01. The molecule has 2 rings (SSSR count). The van der Waals surface area contributed by atoms with Gasteiger partial charge in [-0.3, -0.25) is 0 Å². The monoisotopic (exact) mass is 234 g/mol. The second-order valence-electron chi connectivity index (χ2n) is 5.07. The standard InChI is InChI=1S/C13H22N4/c1-10(3-6-14)13-15-7-4-12(16-13)11-5-8-17(2)9-11/h4,7,10-11H,3,5-6,8-9,14H2,1-2H3. The van der Waals surface area contributed by atoms with Crippen LogP contribution in [-0.2, 0) is 0 Å². The summed E-state index contributed by atoms with van der Waals surface area (Å²) in [6.45, 7) is 5.12. The van der Waals surface area contributed by atoms with Crippen molar-refractivity contribution < 1.29 is 0 Å². The number of nitrogens with zero attached hydrogens (tertiary/aromatic N) is 3. The van der Waals surface area contributed by atoms with Crippen molar-refractivity contribution in [1.29, 1.82) is 0 Å². The van der Waals surface area contributed by atoms with Gasteiger partial charge in [-0.2, -0.15) is 0 Å². The Kier molecular flexibility index (Phi) is 4.07. The second kappa shape index (κ2) is 5.56. The third-order valence-electron chi connectivity index (χ3n) is 3.55. The molecule has 0 aromatic carbocycles. The molecule has 2 atom stereocenters. The molecule has 1 aliphatic heterocycles. The van der Waals surface area contributed by atoms with Gasteiger partial charge in [0.05, 0.1) is 0 Å². The van der Waals surface area contributed by atoms with Gasteiger partial charge in [0.2, 0.25) is 0 Å². The van der Waals surface area contributed by atoms with E-state index in [1.165, 1.54) is 18.7 Å². The molecule has 1 aromatic rings. The minimum atomic E-state index is 0.360. The van der Waals surface area contributed by atoms with Crippen LogP contribution in [0.3, 0.4) is 0 Å². The normalized spacial score (nSPS) is 22.9. The van der Waals surface area contributed by atoms with Gasteiger partial charge in [0.15, 0.2) is 0 Å². The van der Waals surface area contributed by atoms with Crippen molar-refractivity contribution in [3.8, 4) is 0 Å². The van der Waals surface area contributed by atoms with Crippen molar-refractivity contribution in [3.05, 3.63) is 23.8 Å². The van der Waals surface area contributed by atoms with Gasteiger partial charge in [0.25, 0.3) is 0 Å². The quantitative estimate of drug-likeness (QED) is 0.854. The summed E-state index contributed by atoms with van der Waals surface area (Å²) in [4.78, 5) is 11.4. The Labute approximate surface area is 103 Å². The fraction of sp³-hybridized carbons (Fsp3) is 0.692. The fourth-order valence-electron chi connectivity index (χ4n) is 2.41. The maximum atomic E-state index is 5.58. The molecule has 0 saturated carbocycles. The van der Waals surface area contributed by atoms with Crippen LogP contribution in [-0.4, -0.2) is 41.5 Å². The van der Waals surface area contributed by atoms with Crippen LogP contribution in [0.15, 0.2) is 12.3 Å². The van der Waals surface area contributed by atoms with Gasteiger partial charge in [0, 0.05) is 30.3 Å². The van der Waals surface area contributed by atoms with E-state index < -0.39 is 0 Å². The van der Waals surface area contributed by atoms with Crippen molar-refractivity contribution >= 4 is 0 Å². The number of aromatic nitrogens is 2. The molecule has 17 heavy (non-hydrogen) atoms. The lowest BCUT2D eigenvalue weighted by Gasteiger charge is -2.13. The molecule has 1 aliphatic rings. The molecule has 4 nitrogen and oxygen atoms in total. The first-order valence-electron chi connectivity index (χ1n) is 6.42. The lowest BCUT2D eigenvalue weighted by atomic mass is 10.0. The van der Waals surface area contributed by atoms with Crippen molar-refractivity contribution in [1.82, 2.24) is 14.9 Å². The van der Waals surface area contributed by atoms with Crippen molar-refractivity contribution in [2.45, 2.75) is 31.6 Å². The van der Waals surface area contributed by atoms with Crippen LogP contribution in [0.5, 0.6) is 0 Å². The first-order chi connectivity index (χ1) is 8.20. The van der Waals surface area contributed by atoms with Crippen LogP contribution >= 0.6 is 0 Å². The minimum absolute atomic E-state index is 0.360. The van der Waals surface area contributed by atoms with Gasteiger partial charge in [0.1, 0.15) is 5.82 Å². The number of hydrogen-bond acceptors (Lipinski definition) is 4. The molecule has 1 fully saturated rings. The molecular weight excluding hydrogens is 212 g/mol. The molecule has 1 saturated heterocycles.